The Hall–Kier alpha value is -5.57. The highest BCUT2D eigenvalue weighted by atomic mass is 16.6. The molecule has 1 aliphatic rings. The molecule has 5 aromatic rings. The number of carboxylic acids is 2. The van der Waals surface area contributed by atoms with Gasteiger partial charge in [0.15, 0.2) is 22.7 Å². The van der Waals surface area contributed by atoms with Gasteiger partial charge in [-0.15, -0.1) is 0 Å². The monoisotopic (exact) mass is 669 g/mol. The summed E-state index contributed by atoms with van der Waals surface area (Å²) in [6.45, 7) is -0.883. The summed E-state index contributed by atoms with van der Waals surface area (Å²) >= 11 is 0. The number of rotatable bonds is 12. The van der Waals surface area contributed by atoms with E-state index in [1.54, 1.807) is 0 Å². The lowest BCUT2D eigenvalue weighted by Crippen LogP contribution is -2.56. The third-order valence-corrected chi connectivity index (χ3v) is 9.28. The maximum absolute atomic E-state index is 12.9. The number of nitrogen functional groups attached to an aromatic ring is 1. The summed E-state index contributed by atoms with van der Waals surface area (Å²) in [6, 6.07) is 27.4. The number of hydrogen-bond donors (Lipinski definition) is 5. The van der Waals surface area contributed by atoms with Gasteiger partial charge in [-0.2, -0.15) is 15.0 Å². The molecule has 3 aromatic carbocycles. The molecule has 0 radical (unpaired) electrons. The van der Waals surface area contributed by atoms with E-state index < -0.39 is 60.2 Å². The van der Waals surface area contributed by atoms with E-state index >= 15 is 0 Å². The Bertz CT molecular complexity index is 1880. The maximum Gasteiger partial charge on any atom is 0.320 e. The molecule has 4 atom stereocenters. The molecular weight excluding hydrogens is 634 g/mol. The molecule has 0 aliphatic carbocycles. The van der Waals surface area contributed by atoms with Crippen LogP contribution in [0.4, 0.5) is 5.82 Å². The van der Waals surface area contributed by atoms with Crippen LogP contribution in [0.25, 0.3) is 11.2 Å². The van der Waals surface area contributed by atoms with Crippen molar-refractivity contribution in [2.45, 2.75) is 35.7 Å². The Morgan fingerprint density at radius 3 is 1.88 bits per heavy atom. The summed E-state index contributed by atoms with van der Waals surface area (Å²) in [4.78, 5) is 38.3. The van der Waals surface area contributed by atoms with Crippen molar-refractivity contribution in [2.24, 2.45) is 5.92 Å². The van der Waals surface area contributed by atoms with Crippen LogP contribution in [0.2, 0.25) is 0 Å². The number of ether oxygens (including phenoxy) is 3. The fourth-order valence-corrected chi connectivity index (χ4v) is 7.33. The topological polar surface area (TPSA) is 212 Å². The summed E-state index contributed by atoms with van der Waals surface area (Å²) < 4.78 is 19.7. The molecule has 6 N–H and O–H groups in total. The highest BCUT2D eigenvalue weighted by Crippen LogP contribution is 2.62. The molecule has 3 heterocycles. The predicted molar refractivity (Wildman–Crippen MR) is 175 cm³/mol. The van der Waals surface area contributed by atoms with Crippen molar-refractivity contribution in [3.05, 3.63) is 108 Å². The van der Waals surface area contributed by atoms with E-state index in [2.05, 4.69) is 15.0 Å². The zero-order valence-corrected chi connectivity index (χ0v) is 26.6. The summed E-state index contributed by atoms with van der Waals surface area (Å²) in [5.74, 6) is -5.06. The third kappa shape index (κ3) is 5.12. The van der Waals surface area contributed by atoms with Gasteiger partial charge in [-0.1, -0.05) is 91.0 Å². The molecule has 0 saturated carbocycles. The Morgan fingerprint density at radius 1 is 0.918 bits per heavy atom. The van der Waals surface area contributed by atoms with E-state index in [4.69, 9.17) is 19.9 Å². The van der Waals surface area contributed by atoms with Gasteiger partial charge in [0.25, 0.3) is 0 Å². The average molecular weight is 670 g/mol. The number of aliphatic hydroxyl groups excluding tert-OH is 1. The molecule has 254 valence electrons. The van der Waals surface area contributed by atoms with Crippen LogP contribution in [0.1, 0.15) is 29.5 Å². The summed E-state index contributed by atoms with van der Waals surface area (Å²) in [5, 5.41) is 43.8. The molecule has 0 spiro atoms. The lowest BCUT2D eigenvalue weighted by atomic mass is 9.60. The van der Waals surface area contributed by atoms with E-state index in [1.165, 1.54) is 18.8 Å². The number of hydrogen-bond acceptors (Lipinski definition) is 11. The van der Waals surface area contributed by atoms with Crippen molar-refractivity contribution in [2.75, 3.05) is 26.6 Å². The van der Waals surface area contributed by atoms with Gasteiger partial charge in [-0.05, 0) is 16.7 Å². The number of benzene rings is 3. The maximum atomic E-state index is 12.9. The highest BCUT2D eigenvalue weighted by Gasteiger charge is 2.70. The van der Waals surface area contributed by atoms with Crippen LogP contribution in [-0.4, -0.2) is 84.4 Å². The van der Waals surface area contributed by atoms with Gasteiger partial charge in [0, 0.05) is 6.42 Å². The minimum absolute atomic E-state index is 0.0411. The number of imidazole rings is 1. The number of aliphatic carboxylic acids is 2. The van der Waals surface area contributed by atoms with Gasteiger partial charge in [-0.25, -0.2) is 4.57 Å². The lowest BCUT2D eigenvalue weighted by Gasteiger charge is -2.50. The minimum atomic E-state index is -2.49. The van der Waals surface area contributed by atoms with Gasteiger partial charge in [0.2, 0.25) is 0 Å². The van der Waals surface area contributed by atoms with Crippen LogP contribution < -0.4 is 15.2 Å². The molecule has 1 unspecified atom stereocenters. The zero-order chi connectivity index (χ0) is 35.0. The lowest BCUT2D eigenvalue weighted by molar-refractivity contribution is -0.172. The number of carboxylic acid groups (broad SMARTS) is 2. The highest BCUT2D eigenvalue weighted by molar-refractivity contribution is 5.84. The standard InChI is InChI=1S/C35H35N5O9/c1-47-31-38-28(36)27-29(39-31)40(32(37-27)48-2)34(20-33(46,25(19-41)49-34)24(30(44)45)18-26(42)43)35(21-12-6-3-7-13-21,22-14-8-4-9-15-22)23-16-10-5-11-17-23/h3-17,24-25,41,46H,18-20H2,1-2H3,(H,42,43)(H,44,45)(H2,36,38,39)/t24?,25-,33-,34+/m1/s1. The number of carbonyl (C=O) groups is 2. The first-order valence-electron chi connectivity index (χ1n) is 15.3. The van der Waals surface area contributed by atoms with Crippen LogP contribution in [0, 0.1) is 5.92 Å². The Labute approximate surface area is 280 Å². The molecule has 2 aromatic heterocycles. The smallest absolute Gasteiger partial charge is 0.320 e. The molecule has 1 aliphatic heterocycles. The van der Waals surface area contributed by atoms with Crippen molar-refractivity contribution in [1.29, 1.82) is 0 Å². The molecule has 14 heteroatoms. The van der Waals surface area contributed by atoms with E-state index in [-0.39, 0.29) is 29.0 Å². The normalized spacial score (nSPS) is 21.3. The SMILES string of the molecule is COc1nc(N)c2nc(OC)n([C@@]3(C(c4ccccc4)(c4ccccc4)c4ccccc4)C[C@@](O)(C(CC(=O)O)C(=O)O)[C@@H](CO)O3)c2n1. The van der Waals surface area contributed by atoms with Gasteiger partial charge in [0.05, 0.1) is 38.6 Å². The summed E-state index contributed by atoms with van der Waals surface area (Å²) in [5.41, 5.74) is 2.30. The number of methoxy groups -OCH3 is 2. The minimum Gasteiger partial charge on any atom is -0.481 e. The molecule has 14 nitrogen and oxygen atoms in total. The molecule has 6 rings (SSSR count). The van der Waals surface area contributed by atoms with Gasteiger partial charge in [0.1, 0.15) is 11.7 Å². The number of aromatic nitrogens is 4. The summed E-state index contributed by atoms with van der Waals surface area (Å²) in [6.07, 6.45) is -3.23. The quantitative estimate of drug-likeness (QED) is 0.121. The van der Waals surface area contributed by atoms with E-state index in [0.717, 1.165) is 0 Å². The fourth-order valence-electron chi connectivity index (χ4n) is 7.33. The van der Waals surface area contributed by atoms with Crippen molar-refractivity contribution in [1.82, 2.24) is 19.5 Å². The van der Waals surface area contributed by atoms with Crippen LogP contribution >= 0.6 is 0 Å². The number of anilines is 1. The van der Waals surface area contributed by atoms with Crippen LogP contribution in [0.5, 0.6) is 12.0 Å². The van der Waals surface area contributed by atoms with Crippen molar-refractivity contribution < 1.29 is 44.2 Å². The Balaban J connectivity index is 1.87. The van der Waals surface area contributed by atoms with Crippen molar-refractivity contribution in [3.8, 4) is 12.0 Å². The third-order valence-electron chi connectivity index (χ3n) is 9.28. The molecular formula is C35H35N5O9. The fraction of sp³-hybridized carbons (Fsp3) is 0.286. The number of nitrogens with two attached hydrogens (primary N) is 1. The second kappa shape index (κ2) is 12.8. The molecule has 1 saturated heterocycles. The molecule has 1 fully saturated rings. The Kier molecular flexibility index (Phi) is 8.71. The van der Waals surface area contributed by atoms with Crippen molar-refractivity contribution >= 4 is 28.9 Å². The van der Waals surface area contributed by atoms with Gasteiger partial charge in [-0.3, -0.25) is 9.59 Å². The average Bonchev–Trinajstić information content (AvgIpc) is 3.65. The largest absolute Gasteiger partial charge is 0.481 e. The first kappa shape index (κ1) is 33.3. The van der Waals surface area contributed by atoms with Crippen molar-refractivity contribution in [3.63, 3.8) is 0 Å². The van der Waals surface area contributed by atoms with Gasteiger partial charge >= 0.3 is 24.0 Å². The van der Waals surface area contributed by atoms with Crippen LogP contribution in [0.3, 0.4) is 0 Å². The molecule has 0 amide bonds. The Morgan fingerprint density at radius 2 is 1.45 bits per heavy atom. The first-order chi connectivity index (χ1) is 23.6. The number of nitrogens with zero attached hydrogens (tertiary/aromatic N) is 4. The molecule has 49 heavy (non-hydrogen) atoms. The summed E-state index contributed by atoms with van der Waals surface area (Å²) in [7, 11) is 2.71. The van der Waals surface area contributed by atoms with Crippen LogP contribution in [0.15, 0.2) is 91.0 Å². The van der Waals surface area contributed by atoms with E-state index in [1.807, 2.05) is 91.0 Å². The van der Waals surface area contributed by atoms with E-state index in [0.29, 0.717) is 16.7 Å². The van der Waals surface area contributed by atoms with Crippen LogP contribution in [-0.2, 0) is 25.5 Å². The second-order valence-corrected chi connectivity index (χ2v) is 11.8. The zero-order valence-electron chi connectivity index (χ0n) is 26.6. The van der Waals surface area contributed by atoms with Gasteiger partial charge < -0.3 is 40.4 Å². The predicted octanol–water partition coefficient (Wildman–Crippen LogP) is 2.80. The number of aliphatic hydroxyl groups is 2. The number of fused-ring (bicyclic) bond motifs is 1. The second-order valence-electron chi connectivity index (χ2n) is 11.8. The van der Waals surface area contributed by atoms with E-state index in [9.17, 15) is 30.0 Å². The molecule has 0 bridgehead atoms. The first-order valence-corrected chi connectivity index (χ1v) is 15.3.